The van der Waals surface area contributed by atoms with Crippen molar-refractivity contribution in [2.45, 2.75) is 97.8 Å². The Labute approximate surface area is 191 Å². The van der Waals surface area contributed by atoms with Crippen LogP contribution in [0, 0.1) is 46.3 Å². The number of fused-ring (bicyclic) bond motifs is 5. The normalized spacial score (nSPS) is 43.7. The third kappa shape index (κ3) is 4.75. The standard InChI is InChI=1S/C26H47NO3S/c1-19(7-6-16-27-17-18-31(28,29)30)22-11-12-23-21-10-9-20-8-4-5-14-25(20,2)24(21)13-15-26(22,23)3/h19-24,27H,4-18H2,1-3H3,(H,28,29,30)/t19?,20?,21?,22?,23?,24?,25-,26?/m0/s1. The molecule has 31 heavy (non-hydrogen) atoms. The predicted molar refractivity (Wildman–Crippen MR) is 128 cm³/mol. The highest BCUT2D eigenvalue weighted by atomic mass is 32.2. The Morgan fingerprint density at radius 1 is 0.935 bits per heavy atom. The van der Waals surface area contributed by atoms with Crippen LogP contribution in [0.1, 0.15) is 97.8 Å². The highest BCUT2D eigenvalue weighted by Gasteiger charge is 2.59. The minimum absolute atomic E-state index is 0.187. The zero-order valence-electron chi connectivity index (χ0n) is 20.2. The lowest BCUT2D eigenvalue weighted by Crippen LogP contribution is -2.53. The molecule has 2 N–H and O–H groups in total. The molecular formula is C26H47NO3S. The van der Waals surface area contributed by atoms with Gasteiger partial charge in [-0.2, -0.15) is 8.42 Å². The van der Waals surface area contributed by atoms with E-state index in [-0.39, 0.29) is 5.75 Å². The van der Waals surface area contributed by atoms with Gasteiger partial charge in [0.2, 0.25) is 0 Å². The summed E-state index contributed by atoms with van der Waals surface area (Å²) in [6, 6.07) is 0. The summed E-state index contributed by atoms with van der Waals surface area (Å²) in [6.07, 6.45) is 17.1. The van der Waals surface area contributed by atoms with E-state index in [1.54, 1.807) is 0 Å². The topological polar surface area (TPSA) is 66.4 Å². The maximum Gasteiger partial charge on any atom is 0.266 e. The first-order chi connectivity index (χ1) is 14.7. The molecule has 4 rings (SSSR count). The molecule has 4 saturated carbocycles. The number of hydrogen-bond acceptors (Lipinski definition) is 3. The molecule has 4 aliphatic rings. The summed E-state index contributed by atoms with van der Waals surface area (Å²) < 4.78 is 30.5. The molecule has 5 heteroatoms. The lowest BCUT2D eigenvalue weighted by molar-refractivity contribution is -0.114. The van der Waals surface area contributed by atoms with E-state index in [9.17, 15) is 8.42 Å². The van der Waals surface area contributed by atoms with E-state index < -0.39 is 10.1 Å². The van der Waals surface area contributed by atoms with Gasteiger partial charge in [0.25, 0.3) is 10.1 Å². The first-order valence-corrected chi connectivity index (χ1v) is 14.9. The Hall–Kier alpha value is -0.130. The Kier molecular flexibility index (Phi) is 7.17. The van der Waals surface area contributed by atoms with Crippen LogP contribution in [0.3, 0.4) is 0 Å². The summed E-state index contributed by atoms with van der Waals surface area (Å²) in [6.45, 7) is 9.00. The molecule has 180 valence electrons. The van der Waals surface area contributed by atoms with Crippen molar-refractivity contribution in [1.82, 2.24) is 5.32 Å². The van der Waals surface area contributed by atoms with Crippen molar-refractivity contribution in [3.05, 3.63) is 0 Å². The van der Waals surface area contributed by atoms with Gasteiger partial charge in [-0.25, -0.2) is 0 Å². The van der Waals surface area contributed by atoms with Crippen molar-refractivity contribution < 1.29 is 13.0 Å². The minimum atomic E-state index is -3.85. The lowest BCUT2D eigenvalue weighted by atomic mass is 9.44. The molecule has 0 aliphatic heterocycles. The highest BCUT2D eigenvalue weighted by molar-refractivity contribution is 7.85. The smallest absolute Gasteiger partial charge is 0.266 e. The minimum Gasteiger partial charge on any atom is -0.316 e. The van der Waals surface area contributed by atoms with Crippen LogP contribution in [-0.4, -0.2) is 31.8 Å². The van der Waals surface area contributed by atoms with Gasteiger partial charge in [-0.05, 0) is 117 Å². The van der Waals surface area contributed by atoms with Gasteiger partial charge >= 0.3 is 0 Å². The maximum absolute atomic E-state index is 10.8. The van der Waals surface area contributed by atoms with Gasteiger partial charge in [-0.3, -0.25) is 4.55 Å². The van der Waals surface area contributed by atoms with E-state index >= 15 is 0 Å². The molecule has 0 aromatic rings. The molecule has 0 spiro atoms. The number of hydrogen-bond donors (Lipinski definition) is 2. The molecule has 7 unspecified atom stereocenters. The highest BCUT2D eigenvalue weighted by Crippen LogP contribution is 2.68. The molecule has 0 aromatic heterocycles. The van der Waals surface area contributed by atoms with Crippen LogP contribution in [0.25, 0.3) is 0 Å². The maximum atomic E-state index is 10.8. The molecule has 0 heterocycles. The monoisotopic (exact) mass is 453 g/mol. The Bertz CT molecular complexity index is 724. The van der Waals surface area contributed by atoms with Gasteiger partial charge < -0.3 is 5.32 Å². The average Bonchev–Trinajstić information content (AvgIpc) is 3.06. The van der Waals surface area contributed by atoms with Gasteiger partial charge in [-0.1, -0.05) is 33.6 Å². The van der Waals surface area contributed by atoms with Gasteiger partial charge in [0, 0.05) is 6.54 Å². The number of rotatable bonds is 8. The summed E-state index contributed by atoms with van der Waals surface area (Å²) in [4.78, 5) is 0. The van der Waals surface area contributed by atoms with Gasteiger partial charge in [0.1, 0.15) is 0 Å². The SMILES string of the molecule is CC(CCCNCCS(=O)(=O)O)C1CCC2C3CCC4CCCC[C@]4(C)C3CCC12C. The van der Waals surface area contributed by atoms with Crippen molar-refractivity contribution >= 4 is 10.1 Å². The second kappa shape index (κ2) is 9.25. The van der Waals surface area contributed by atoms with Crippen molar-refractivity contribution in [2.75, 3.05) is 18.8 Å². The van der Waals surface area contributed by atoms with Gasteiger partial charge in [0.05, 0.1) is 5.75 Å². The fourth-order valence-corrected chi connectivity index (χ4v) is 9.75. The summed E-state index contributed by atoms with van der Waals surface area (Å²) in [7, 11) is -3.85. The van der Waals surface area contributed by atoms with Crippen LogP contribution in [0.5, 0.6) is 0 Å². The molecule has 0 bridgehead atoms. The van der Waals surface area contributed by atoms with Crippen molar-refractivity contribution in [2.24, 2.45) is 46.3 Å². The van der Waals surface area contributed by atoms with Crippen molar-refractivity contribution in [3.8, 4) is 0 Å². The van der Waals surface area contributed by atoms with Crippen molar-refractivity contribution in [1.29, 1.82) is 0 Å². The molecule has 0 saturated heterocycles. The molecule has 8 atom stereocenters. The fraction of sp³-hybridized carbons (Fsp3) is 1.00. The van der Waals surface area contributed by atoms with E-state index in [0.717, 1.165) is 48.5 Å². The van der Waals surface area contributed by atoms with Crippen LogP contribution in [0.15, 0.2) is 0 Å². The Balaban J connectivity index is 1.32. The second-order valence-electron chi connectivity index (χ2n) is 12.3. The average molecular weight is 454 g/mol. The molecular weight excluding hydrogens is 406 g/mol. The zero-order valence-corrected chi connectivity index (χ0v) is 21.1. The predicted octanol–water partition coefficient (Wildman–Crippen LogP) is 5.93. The summed E-state index contributed by atoms with van der Waals surface area (Å²) in [5, 5.41) is 3.18. The van der Waals surface area contributed by atoms with Gasteiger partial charge in [-0.15, -0.1) is 0 Å². The third-order valence-electron chi connectivity index (χ3n) is 10.9. The summed E-state index contributed by atoms with van der Waals surface area (Å²) >= 11 is 0. The van der Waals surface area contributed by atoms with E-state index in [0.29, 0.717) is 17.4 Å². The van der Waals surface area contributed by atoms with E-state index in [4.69, 9.17) is 4.55 Å². The third-order valence-corrected chi connectivity index (χ3v) is 11.6. The summed E-state index contributed by atoms with van der Waals surface area (Å²) in [5.41, 5.74) is 1.18. The Morgan fingerprint density at radius 2 is 1.71 bits per heavy atom. The van der Waals surface area contributed by atoms with Crippen LogP contribution in [0.4, 0.5) is 0 Å². The Morgan fingerprint density at radius 3 is 2.48 bits per heavy atom. The molecule has 4 aliphatic carbocycles. The molecule has 0 aromatic carbocycles. The van der Waals surface area contributed by atoms with Crippen LogP contribution >= 0.6 is 0 Å². The largest absolute Gasteiger partial charge is 0.316 e. The van der Waals surface area contributed by atoms with Crippen LogP contribution in [0.2, 0.25) is 0 Å². The molecule has 4 nitrogen and oxygen atoms in total. The quantitative estimate of drug-likeness (QED) is 0.353. The first kappa shape index (κ1) is 24.0. The van der Waals surface area contributed by atoms with E-state index in [2.05, 4.69) is 26.1 Å². The first-order valence-electron chi connectivity index (χ1n) is 13.3. The molecule has 0 amide bonds. The lowest BCUT2D eigenvalue weighted by Gasteiger charge is -2.61. The van der Waals surface area contributed by atoms with E-state index in [1.165, 1.54) is 70.6 Å². The van der Waals surface area contributed by atoms with Gasteiger partial charge in [0.15, 0.2) is 0 Å². The zero-order chi connectivity index (χ0) is 22.3. The van der Waals surface area contributed by atoms with Crippen LogP contribution in [-0.2, 0) is 10.1 Å². The van der Waals surface area contributed by atoms with Crippen molar-refractivity contribution in [3.63, 3.8) is 0 Å². The molecule has 4 fully saturated rings. The fourth-order valence-electron chi connectivity index (χ4n) is 9.35. The number of nitrogens with one attached hydrogen (secondary N) is 1. The second-order valence-corrected chi connectivity index (χ2v) is 13.9. The molecule has 0 radical (unpaired) electrons. The van der Waals surface area contributed by atoms with E-state index in [1.807, 2.05) is 0 Å². The summed E-state index contributed by atoms with van der Waals surface area (Å²) in [5.74, 6) is 5.35. The van der Waals surface area contributed by atoms with Crippen LogP contribution < -0.4 is 5.32 Å².